The minimum atomic E-state index is -4.04. The molecule has 0 amide bonds. The maximum absolute atomic E-state index is 12.7. The molecule has 0 aliphatic rings. The second-order valence-electron chi connectivity index (χ2n) is 5.50. The third-order valence-corrected chi connectivity index (χ3v) is 5.60. The predicted molar refractivity (Wildman–Crippen MR) is 95.6 cm³/mol. The third-order valence-electron chi connectivity index (χ3n) is 3.81. The zero-order valence-electron chi connectivity index (χ0n) is 14.0. The molecular formula is C16H15N5O4S. The monoisotopic (exact) mass is 373 g/mol. The van der Waals surface area contributed by atoms with Gasteiger partial charge in [-0.25, -0.2) is 4.98 Å². The van der Waals surface area contributed by atoms with Gasteiger partial charge in [0.1, 0.15) is 0 Å². The number of nitrogens with zero attached hydrogens (tertiary/aromatic N) is 5. The van der Waals surface area contributed by atoms with Gasteiger partial charge < -0.3 is 0 Å². The number of benzene rings is 1. The number of hydrogen-bond donors (Lipinski definition) is 0. The molecule has 10 heteroatoms. The highest BCUT2D eigenvalue weighted by Gasteiger charge is 2.24. The molecule has 0 radical (unpaired) electrons. The Bertz CT molecular complexity index is 1120. The Morgan fingerprint density at radius 1 is 1.31 bits per heavy atom. The molecule has 2 aromatic heterocycles. The molecule has 0 fully saturated rings. The van der Waals surface area contributed by atoms with Gasteiger partial charge in [0.2, 0.25) is 0 Å². The number of non-ortho nitro benzene ring substituents is 1. The fourth-order valence-corrected chi connectivity index (χ4v) is 3.58. The third kappa shape index (κ3) is 3.14. The summed E-state index contributed by atoms with van der Waals surface area (Å²) in [6, 6.07) is 9.22. The Hall–Kier alpha value is -3.27. The molecule has 2 heterocycles. The van der Waals surface area contributed by atoms with Crippen LogP contribution in [0.25, 0.3) is 5.52 Å². The molecule has 134 valence electrons. The first-order chi connectivity index (χ1) is 12.3. The van der Waals surface area contributed by atoms with Crippen molar-refractivity contribution in [3.63, 3.8) is 0 Å². The average molecular weight is 373 g/mol. The summed E-state index contributed by atoms with van der Waals surface area (Å²) in [6.07, 6.45) is 4.74. The summed E-state index contributed by atoms with van der Waals surface area (Å²) < 4.78 is 27.9. The first kappa shape index (κ1) is 17.5. The van der Waals surface area contributed by atoms with Crippen LogP contribution in [0, 0.1) is 17.0 Å². The summed E-state index contributed by atoms with van der Waals surface area (Å²) in [5, 5.41) is 14.9. The Labute approximate surface area is 149 Å². The number of hydrazone groups is 1. The molecule has 0 spiro atoms. The SMILES string of the molecule is Cc1ccc([N+](=O)[O-])cc1S(=O)(=O)N(C)/N=C/c1ncc2ccccn12. The van der Waals surface area contributed by atoms with Crippen LogP contribution in [0.5, 0.6) is 0 Å². The standard InChI is InChI=1S/C16H15N5O4S/c1-12-6-7-13(21(22)23)9-15(12)26(24,25)19(2)18-11-16-17-10-14-5-3-4-8-20(14)16/h3-11H,1-2H3/b18-11+. The Kier molecular flexibility index (Phi) is 4.43. The van der Waals surface area contributed by atoms with Crippen LogP contribution in [0.4, 0.5) is 5.69 Å². The average Bonchev–Trinajstić information content (AvgIpc) is 3.02. The van der Waals surface area contributed by atoms with Crippen LogP contribution in [-0.4, -0.2) is 40.4 Å². The lowest BCUT2D eigenvalue weighted by atomic mass is 10.2. The zero-order valence-corrected chi connectivity index (χ0v) is 14.8. The van der Waals surface area contributed by atoms with E-state index in [1.54, 1.807) is 23.7 Å². The van der Waals surface area contributed by atoms with Crippen molar-refractivity contribution < 1.29 is 13.3 Å². The molecule has 0 saturated heterocycles. The van der Waals surface area contributed by atoms with Crippen molar-refractivity contribution in [2.75, 3.05) is 7.05 Å². The highest BCUT2D eigenvalue weighted by atomic mass is 32.2. The minimum Gasteiger partial charge on any atom is -0.299 e. The normalized spacial score (nSPS) is 11.9. The highest BCUT2D eigenvalue weighted by Crippen LogP contribution is 2.24. The number of pyridine rings is 1. The largest absolute Gasteiger partial charge is 0.299 e. The molecule has 9 nitrogen and oxygen atoms in total. The molecule has 0 atom stereocenters. The summed E-state index contributed by atoms with van der Waals surface area (Å²) >= 11 is 0. The Morgan fingerprint density at radius 3 is 2.81 bits per heavy atom. The second kappa shape index (κ2) is 6.56. The van der Waals surface area contributed by atoms with Gasteiger partial charge >= 0.3 is 0 Å². The van der Waals surface area contributed by atoms with Gasteiger partial charge in [0, 0.05) is 25.4 Å². The molecule has 3 rings (SSSR count). The van der Waals surface area contributed by atoms with E-state index in [0.29, 0.717) is 11.4 Å². The number of hydrogen-bond acceptors (Lipinski definition) is 6. The van der Waals surface area contributed by atoms with Gasteiger partial charge in [-0.2, -0.15) is 17.9 Å². The van der Waals surface area contributed by atoms with E-state index in [1.165, 1.54) is 25.4 Å². The van der Waals surface area contributed by atoms with Gasteiger partial charge in [-0.15, -0.1) is 0 Å². The molecule has 26 heavy (non-hydrogen) atoms. The lowest BCUT2D eigenvalue weighted by Crippen LogP contribution is -2.23. The van der Waals surface area contributed by atoms with Crippen molar-refractivity contribution in [2.45, 2.75) is 11.8 Å². The van der Waals surface area contributed by atoms with Crippen LogP contribution in [0.1, 0.15) is 11.4 Å². The summed E-state index contributed by atoms with van der Waals surface area (Å²) in [5.41, 5.74) is 0.934. The van der Waals surface area contributed by atoms with E-state index < -0.39 is 14.9 Å². The topological polar surface area (TPSA) is 110 Å². The van der Waals surface area contributed by atoms with Gasteiger partial charge in [-0.1, -0.05) is 12.1 Å². The molecule has 0 unspecified atom stereocenters. The molecule has 3 aromatic rings. The summed E-state index contributed by atoms with van der Waals surface area (Å²) in [4.78, 5) is 14.3. The van der Waals surface area contributed by atoms with E-state index in [0.717, 1.165) is 16.0 Å². The van der Waals surface area contributed by atoms with Crippen molar-refractivity contribution >= 4 is 27.4 Å². The van der Waals surface area contributed by atoms with Gasteiger partial charge in [0.05, 0.1) is 27.7 Å². The van der Waals surface area contributed by atoms with Crippen LogP contribution in [-0.2, 0) is 10.0 Å². The number of fused-ring (bicyclic) bond motifs is 1. The quantitative estimate of drug-likeness (QED) is 0.387. The number of rotatable bonds is 5. The van der Waals surface area contributed by atoms with Gasteiger partial charge in [0.15, 0.2) is 5.82 Å². The van der Waals surface area contributed by atoms with E-state index in [-0.39, 0.29) is 10.6 Å². The second-order valence-corrected chi connectivity index (χ2v) is 7.42. The minimum absolute atomic E-state index is 0.167. The molecule has 0 aliphatic carbocycles. The van der Waals surface area contributed by atoms with Gasteiger partial charge in [-0.3, -0.25) is 14.5 Å². The maximum atomic E-state index is 12.7. The van der Waals surface area contributed by atoms with Gasteiger partial charge in [-0.05, 0) is 24.6 Å². The first-order valence-electron chi connectivity index (χ1n) is 7.51. The van der Waals surface area contributed by atoms with E-state index in [2.05, 4.69) is 10.1 Å². The highest BCUT2D eigenvalue weighted by molar-refractivity contribution is 7.89. The molecule has 0 bridgehead atoms. The number of sulfonamides is 1. The number of imidazole rings is 1. The van der Waals surface area contributed by atoms with Crippen molar-refractivity contribution in [1.82, 2.24) is 13.8 Å². The van der Waals surface area contributed by atoms with Crippen molar-refractivity contribution in [2.24, 2.45) is 5.10 Å². The van der Waals surface area contributed by atoms with E-state index >= 15 is 0 Å². The van der Waals surface area contributed by atoms with Gasteiger partial charge in [0.25, 0.3) is 15.7 Å². The number of nitro benzene ring substituents is 1. The number of aryl methyl sites for hydroxylation is 1. The first-order valence-corrected chi connectivity index (χ1v) is 8.95. The summed E-state index contributed by atoms with van der Waals surface area (Å²) in [7, 11) is -2.77. The maximum Gasteiger partial charge on any atom is 0.279 e. The lowest BCUT2D eigenvalue weighted by Gasteiger charge is -2.15. The fraction of sp³-hybridized carbons (Fsp3) is 0.125. The molecule has 1 aromatic carbocycles. The lowest BCUT2D eigenvalue weighted by molar-refractivity contribution is -0.385. The summed E-state index contributed by atoms with van der Waals surface area (Å²) in [5.74, 6) is 0.457. The molecule has 0 aliphatic heterocycles. The van der Waals surface area contributed by atoms with E-state index in [4.69, 9.17) is 0 Å². The molecular weight excluding hydrogens is 358 g/mol. The molecule has 0 saturated carbocycles. The van der Waals surface area contributed by atoms with Crippen LogP contribution in [0.3, 0.4) is 0 Å². The number of aromatic nitrogens is 2. The van der Waals surface area contributed by atoms with Crippen molar-refractivity contribution in [3.8, 4) is 0 Å². The van der Waals surface area contributed by atoms with E-state index in [9.17, 15) is 18.5 Å². The van der Waals surface area contributed by atoms with Crippen molar-refractivity contribution in [1.29, 1.82) is 0 Å². The Balaban J connectivity index is 1.95. The van der Waals surface area contributed by atoms with Crippen LogP contribution < -0.4 is 0 Å². The smallest absolute Gasteiger partial charge is 0.279 e. The zero-order chi connectivity index (χ0) is 18.9. The Morgan fingerprint density at radius 2 is 2.08 bits per heavy atom. The van der Waals surface area contributed by atoms with Crippen molar-refractivity contribution in [3.05, 3.63) is 70.3 Å². The predicted octanol–water partition coefficient (Wildman–Crippen LogP) is 2.21. The van der Waals surface area contributed by atoms with Crippen LogP contribution in [0.15, 0.2) is 58.8 Å². The summed E-state index contributed by atoms with van der Waals surface area (Å²) in [6.45, 7) is 1.57. The van der Waals surface area contributed by atoms with E-state index in [1.807, 2.05) is 18.2 Å². The molecule has 0 N–H and O–H groups in total. The van der Waals surface area contributed by atoms with Crippen LogP contribution in [0.2, 0.25) is 0 Å². The fourth-order valence-electron chi connectivity index (χ4n) is 2.38. The number of nitro groups is 1. The van der Waals surface area contributed by atoms with Crippen LogP contribution >= 0.6 is 0 Å².